The van der Waals surface area contributed by atoms with Crippen LogP contribution < -0.4 is 10.7 Å². The summed E-state index contributed by atoms with van der Waals surface area (Å²) in [6.07, 6.45) is 1.69. The van der Waals surface area contributed by atoms with Gasteiger partial charge in [0.25, 0.3) is 5.91 Å². The fourth-order valence-corrected chi connectivity index (χ4v) is 2.96. The summed E-state index contributed by atoms with van der Waals surface area (Å²) < 4.78 is 5.85. The van der Waals surface area contributed by atoms with Crippen molar-refractivity contribution in [3.63, 3.8) is 0 Å². The van der Waals surface area contributed by atoms with Crippen LogP contribution in [0.1, 0.15) is 23.0 Å². The second-order valence-corrected chi connectivity index (χ2v) is 6.34. The summed E-state index contributed by atoms with van der Waals surface area (Å²) in [5, 5.41) is 5.74. The standard InChI is InChI=1S/C22H17N3O3/c1-14-19(22(27)25(24-14)17-5-3-2-4-6-17)13-18-11-12-20(28-18)15-7-9-16(10-8-15)21(23)26/h2-13H,1H3,(H2,23,26)/b19-13-. The topological polar surface area (TPSA) is 88.9 Å². The smallest absolute Gasteiger partial charge is 0.280 e. The van der Waals surface area contributed by atoms with Crippen molar-refractivity contribution in [3.05, 3.63) is 83.6 Å². The summed E-state index contributed by atoms with van der Waals surface area (Å²) in [7, 11) is 0. The van der Waals surface area contributed by atoms with Crippen LogP contribution in [0.15, 0.2) is 81.8 Å². The van der Waals surface area contributed by atoms with E-state index in [9.17, 15) is 9.59 Å². The zero-order valence-electron chi connectivity index (χ0n) is 15.1. The largest absolute Gasteiger partial charge is 0.457 e. The summed E-state index contributed by atoms with van der Waals surface area (Å²) in [6.45, 7) is 1.79. The van der Waals surface area contributed by atoms with Gasteiger partial charge in [0.15, 0.2) is 0 Å². The molecule has 3 aromatic rings. The molecule has 0 spiro atoms. The average Bonchev–Trinajstić information content (AvgIpc) is 3.29. The predicted molar refractivity (Wildman–Crippen MR) is 108 cm³/mol. The van der Waals surface area contributed by atoms with Crippen LogP contribution >= 0.6 is 0 Å². The van der Waals surface area contributed by atoms with Crippen LogP contribution in [0.5, 0.6) is 0 Å². The van der Waals surface area contributed by atoms with Crippen LogP contribution in [0.4, 0.5) is 5.69 Å². The molecule has 0 unspecified atom stereocenters. The fourth-order valence-electron chi connectivity index (χ4n) is 2.96. The molecule has 0 aliphatic carbocycles. The summed E-state index contributed by atoms with van der Waals surface area (Å²) in [5.74, 6) is 0.492. The highest BCUT2D eigenvalue weighted by molar-refractivity contribution is 6.32. The molecule has 2 heterocycles. The van der Waals surface area contributed by atoms with Crippen molar-refractivity contribution in [2.45, 2.75) is 6.92 Å². The van der Waals surface area contributed by atoms with Crippen LogP contribution in [0.25, 0.3) is 17.4 Å². The number of hydrogen-bond acceptors (Lipinski definition) is 4. The van der Waals surface area contributed by atoms with E-state index in [0.29, 0.717) is 34.1 Å². The first-order valence-corrected chi connectivity index (χ1v) is 8.70. The molecule has 1 aliphatic rings. The van der Waals surface area contributed by atoms with E-state index in [1.54, 1.807) is 43.3 Å². The van der Waals surface area contributed by atoms with Gasteiger partial charge in [-0.3, -0.25) is 9.59 Å². The lowest BCUT2D eigenvalue weighted by Crippen LogP contribution is -2.21. The third-order valence-electron chi connectivity index (χ3n) is 4.43. The van der Waals surface area contributed by atoms with Crippen LogP contribution in [-0.2, 0) is 4.79 Å². The van der Waals surface area contributed by atoms with Crippen LogP contribution in [0.3, 0.4) is 0 Å². The Labute approximate surface area is 161 Å². The number of anilines is 1. The van der Waals surface area contributed by atoms with E-state index in [-0.39, 0.29) is 5.91 Å². The van der Waals surface area contributed by atoms with Crippen LogP contribution in [0, 0.1) is 0 Å². The van der Waals surface area contributed by atoms with E-state index in [1.165, 1.54) is 5.01 Å². The summed E-state index contributed by atoms with van der Waals surface area (Å²) in [6, 6.07) is 19.7. The number of carbonyl (C=O) groups is 2. The fraction of sp³-hybridized carbons (Fsp3) is 0.0455. The van der Waals surface area contributed by atoms with Gasteiger partial charge in [0.1, 0.15) is 11.5 Å². The summed E-state index contributed by atoms with van der Waals surface area (Å²) in [4.78, 5) is 23.9. The molecule has 0 atom stereocenters. The molecule has 0 radical (unpaired) electrons. The van der Waals surface area contributed by atoms with Crippen molar-refractivity contribution in [1.29, 1.82) is 0 Å². The molecule has 2 N–H and O–H groups in total. The normalized spacial score (nSPS) is 15.2. The Balaban J connectivity index is 1.59. The van der Waals surface area contributed by atoms with Gasteiger partial charge in [0.2, 0.25) is 5.91 Å². The number of amides is 2. The number of rotatable bonds is 4. The number of nitrogens with zero attached hydrogens (tertiary/aromatic N) is 2. The molecule has 0 fully saturated rings. The maximum atomic E-state index is 12.8. The van der Waals surface area contributed by atoms with Gasteiger partial charge in [-0.15, -0.1) is 0 Å². The molecule has 1 aromatic heterocycles. The molecule has 4 rings (SSSR count). The Morgan fingerprint density at radius 1 is 1.04 bits per heavy atom. The van der Waals surface area contributed by atoms with Gasteiger partial charge in [-0.1, -0.05) is 30.3 Å². The zero-order valence-corrected chi connectivity index (χ0v) is 15.1. The first kappa shape index (κ1) is 17.5. The lowest BCUT2D eigenvalue weighted by molar-refractivity contribution is -0.114. The highest BCUT2D eigenvalue weighted by Gasteiger charge is 2.28. The SMILES string of the molecule is CC1=NN(c2ccccc2)C(=O)/C1=C\c1ccc(-c2ccc(C(N)=O)cc2)o1. The lowest BCUT2D eigenvalue weighted by Gasteiger charge is -2.10. The molecular formula is C22H17N3O3. The van der Waals surface area contributed by atoms with Crippen LogP contribution in [0.2, 0.25) is 0 Å². The summed E-state index contributed by atoms with van der Waals surface area (Å²) in [5.41, 5.74) is 8.32. The number of furan rings is 1. The number of para-hydroxylation sites is 1. The molecule has 138 valence electrons. The van der Waals surface area contributed by atoms with Gasteiger partial charge in [-0.25, -0.2) is 0 Å². The van der Waals surface area contributed by atoms with Gasteiger partial charge < -0.3 is 10.2 Å². The summed E-state index contributed by atoms with van der Waals surface area (Å²) >= 11 is 0. The highest BCUT2D eigenvalue weighted by Crippen LogP contribution is 2.27. The van der Waals surface area contributed by atoms with Crippen molar-refractivity contribution in [3.8, 4) is 11.3 Å². The molecular weight excluding hydrogens is 354 g/mol. The Bertz CT molecular complexity index is 1110. The zero-order chi connectivity index (χ0) is 19.7. The predicted octanol–water partition coefficient (Wildman–Crippen LogP) is 3.85. The van der Waals surface area contributed by atoms with E-state index < -0.39 is 5.91 Å². The quantitative estimate of drug-likeness (QED) is 0.707. The van der Waals surface area contributed by atoms with E-state index in [2.05, 4.69) is 5.10 Å². The van der Waals surface area contributed by atoms with Gasteiger partial charge in [0, 0.05) is 11.1 Å². The molecule has 2 aromatic carbocycles. The van der Waals surface area contributed by atoms with Gasteiger partial charge >= 0.3 is 0 Å². The van der Waals surface area contributed by atoms with Gasteiger partial charge in [-0.2, -0.15) is 10.1 Å². The molecule has 6 nitrogen and oxygen atoms in total. The van der Waals surface area contributed by atoms with Crippen molar-refractivity contribution >= 4 is 29.3 Å². The Morgan fingerprint density at radius 2 is 1.75 bits per heavy atom. The van der Waals surface area contributed by atoms with E-state index >= 15 is 0 Å². The van der Waals surface area contributed by atoms with Crippen molar-refractivity contribution < 1.29 is 14.0 Å². The van der Waals surface area contributed by atoms with Crippen molar-refractivity contribution in [2.75, 3.05) is 5.01 Å². The molecule has 1 aliphatic heterocycles. The minimum atomic E-state index is -0.478. The molecule has 0 saturated carbocycles. The second kappa shape index (κ2) is 7.00. The Kier molecular flexibility index (Phi) is 4.37. The van der Waals surface area contributed by atoms with Crippen molar-refractivity contribution in [2.24, 2.45) is 10.8 Å². The van der Waals surface area contributed by atoms with Gasteiger partial charge in [0.05, 0.1) is 17.0 Å². The maximum absolute atomic E-state index is 12.8. The van der Waals surface area contributed by atoms with Crippen molar-refractivity contribution in [1.82, 2.24) is 0 Å². The third-order valence-corrected chi connectivity index (χ3v) is 4.43. The molecule has 6 heteroatoms. The molecule has 28 heavy (non-hydrogen) atoms. The average molecular weight is 371 g/mol. The molecule has 0 saturated heterocycles. The minimum absolute atomic E-state index is 0.201. The highest BCUT2D eigenvalue weighted by atomic mass is 16.3. The monoisotopic (exact) mass is 371 g/mol. The lowest BCUT2D eigenvalue weighted by atomic mass is 10.1. The van der Waals surface area contributed by atoms with Gasteiger partial charge in [-0.05, 0) is 49.4 Å². The molecule has 2 amide bonds. The number of carbonyl (C=O) groups excluding carboxylic acids is 2. The van der Waals surface area contributed by atoms with E-state index in [0.717, 1.165) is 5.56 Å². The Morgan fingerprint density at radius 3 is 2.43 bits per heavy atom. The second-order valence-electron chi connectivity index (χ2n) is 6.34. The minimum Gasteiger partial charge on any atom is -0.457 e. The molecule has 0 bridgehead atoms. The van der Waals surface area contributed by atoms with Crippen LogP contribution in [-0.4, -0.2) is 17.5 Å². The Hall–Kier alpha value is -3.93. The number of nitrogens with two attached hydrogens (primary N) is 1. The van der Waals surface area contributed by atoms with E-state index in [4.69, 9.17) is 10.2 Å². The van der Waals surface area contributed by atoms with E-state index in [1.807, 2.05) is 36.4 Å². The number of benzene rings is 2. The first-order valence-electron chi connectivity index (χ1n) is 8.70. The number of hydrazone groups is 1. The maximum Gasteiger partial charge on any atom is 0.280 e. The third kappa shape index (κ3) is 3.23. The number of primary amides is 1. The first-order chi connectivity index (χ1) is 13.5. The number of hydrogen-bond donors (Lipinski definition) is 1.